The molecule has 1 aromatic carbocycles. The Balaban J connectivity index is 2.03. The van der Waals surface area contributed by atoms with E-state index in [1.807, 2.05) is 13.8 Å². The molecule has 0 radical (unpaired) electrons. The highest BCUT2D eigenvalue weighted by atomic mass is 19.1. The molecule has 4 nitrogen and oxygen atoms in total. The van der Waals surface area contributed by atoms with Crippen LogP contribution < -0.4 is 10.2 Å². The van der Waals surface area contributed by atoms with Gasteiger partial charge in [-0.2, -0.15) is 0 Å². The minimum Gasteiger partial charge on any atom is -0.480 e. The molecule has 0 unspecified atom stereocenters. The Morgan fingerprint density at radius 2 is 1.95 bits per heavy atom. The third kappa shape index (κ3) is 2.61. The largest absolute Gasteiger partial charge is 0.480 e. The molecule has 1 aromatic rings. The monoisotopic (exact) mass is 304 g/mol. The fraction of sp³-hybridized carbons (Fsp3) is 0.471. The molecule has 0 saturated carbocycles. The van der Waals surface area contributed by atoms with Crippen molar-refractivity contribution in [1.29, 1.82) is 0 Å². The molecule has 2 aliphatic heterocycles. The maximum absolute atomic E-state index is 14.2. The molecule has 0 aliphatic carbocycles. The van der Waals surface area contributed by atoms with Crippen molar-refractivity contribution >= 4 is 11.6 Å². The first kappa shape index (κ1) is 15.0. The number of halogens is 1. The molecule has 2 aliphatic rings. The number of nitrogens with one attached hydrogen (secondary N) is 1. The Morgan fingerprint density at radius 3 is 2.59 bits per heavy atom. The normalized spacial score (nSPS) is 21.0. The van der Waals surface area contributed by atoms with Crippen LogP contribution in [0.4, 0.5) is 10.1 Å². The summed E-state index contributed by atoms with van der Waals surface area (Å²) in [5.74, 6) is -0.277. The lowest BCUT2D eigenvalue weighted by Crippen LogP contribution is -2.58. The standard InChI is InChI=1S/C17H21FN2O2/c1-12(2)15-16(21)20(14-6-4-3-5-13(14)18)11-17(22-15)7-9-19-10-8-17/h3-6,19H,7-11H2,1-2H3. The van der Waals surface area contributed by atoms with Crippen LogP contribution >= 0.6 is 0 Å². The van der Waals surface area contributed by atoms with E-state index in [-0.39, 0.29) is 11.7 Å². The van der Waals surface area contributed by atoms with Crippen LogP contribution in [-0.4, -0.2) is 31.1 Å². The van der Waals surface area contributed by atoms with Crippen molar-refractivity contribution < 1.29 is 13.9 Å². The number of hydrogen-bond donors (Lipinski definition) is 1. The zero-order valence-corrected chi connectivity index (χ0v) is 13.0. The summed E-state index contributed by atoms with van der Waals surface area (Å²) in [5, 5.41) is 3.30. The highest BCUT2D eigenvalue weighted by molar-refractivity contribution is 6.05. The van der Waals surface area contributed by atoms with Gasteiger partial charge in [0.2, 0.25) is 0 Å². The zero-order chi connectivity index (χ0) is 15.7. The molecule has 3 rings (SSSR count). The van der Waals surface area contributed by atoms with Gasteiger partial charge in [0.1, 0.15) is 11.4 Å². The molecule has 22 heavy (non-hydrogen) atoms. The van der Waals surface area contributed by atoms with Gasteiger partial charge in [-0.05, 0) is 44.6 Å². The lowest BCUT2D eigenvalue weighted by atomic mass is 9.89. The Hall–Kier alpha value is -1.88. The van der Waals surface area contributed by atoms with E-state index in [1.54, 1.807) is 18.2 Å². The average molecular weight is 304 g/mol. The fourth-order valence-corrected chi connectivity index (χ4v) is 3.10. The molecule has 0 atom stereocenters. The third-order valence-corrected chi connectivity index (χ3v) is 4.32. The number of carbonyl (C=O) groups is 1. The number of hydrogen-bond acceptors (Lipinski definition) is 3. The second-order valence-corrected chi connectivity index (χ2v) is 6.21. The molecule has 2 fully saturated rings. The number of piperidine rings is 1. The molecule has 2 saturated heterocycles. The lowest BCUT2D eigenvalue weighted by Gasteiger charge is -2.46. The summed E-state index contributed by atoms with van der Waals surface area (Å²) < 4.78 is 20.3. The Bertz CT molecular complexity index is 617. The lowest BCUT2D eigenvalue weighted by molar-refractivity contribution is -0.130. The van der Waals surface area contributed by atoms with Crippen LogP contribution in [0.15, 0.2) is 35.6 Å². The van der Waals surface area contributed by atoms with Gasteiger partial charge in [-0.25, -0.2) is 4.39 Å². The Morgan fingerprint density at radius 1 is 1.27 bits per heavy atom. The highest BCUT2D eigenvalue weighted by Crippen LogP contribution is 2.36. The van der Waals surface area contributed by atoms with Crippen LogP contribution in [0.3, 0.4) is 0 Å². The van der Waals surface area contributed by atoms with Gasteiger partial charge in [0.15, 0.2) is 5.76 Å². The van der Waals surface area contributed by atoms with Gasteiger partial charge in [0.05, 0.1) is 12.2 Å². The summed E-state index contributed by atoms with van der Waals surface area (Å²) in [6.07, 6.45) is 1.62. The molecule has 1 N–H and O–H groups in total. The van der Waals surface area contributed by atoms with Crippen LogP contribution in [-0.2, 0) is 9.53 Å². The Kier molecular flexibility index (Phi) is 3.91. The quantitative estimate of drug-likeness (QED) is 0.811. The van der Waals surface area contributed by atoms with Crippen LogP contribution in [0.25, 0.3) is 0 Å². The summed E-state index contributed by atoms with van der Waals surface area (Å²) in [6, 6.07) is 6.41. The number of para-hydroxylation sites is 1. The van der Waals surface area contributed by atoms with Crippen molar-refractivity contribution in [2.75, 3.05) is 24.5 Å². The van der Waals surface area contributed by atoms with E-state index in [4.69, 9.17) is 4.74 Å². The summed E-state index contributed by atoms with van der Waals surface area (Å²) >= 11 is 0. The first-order valence-electron chi connectivity index (χ1n) is 7.66. The van der Waals surface area contributed by atoms with Crippen LogP contribution in [0, 0.1) is 5.82 Å². The molecule has 1 spiro atoms. The highest BCUT2D eigenvalue weighted by Gasteiger charge is 2.45. The number of ether oxygens (including phenoxy) is 1. The molecule has 0 aromatic heterocycles. The molecule has 0 bridgehead atoms. The number of amides is 1. The number of carbonyl (C=O) groups excluding carboxylic acids is 1. The number of morpholine rings is 1. The van der Waals surface area contributed by atoms with E-state index in [0.29, 0.717) is 18.0 Å². The topological polar surface area (TPSA) is 41.6 Å². The van der Waals surface area contributed by atoms with Crippen molar-refractivity contribution in [3.8, 4) is 0 Å². The van der Waals surface area contributed by atoms with Crippen molar-refractivity contribution in [2.45, 2.75) is 32.3 Å². The smallest absolute Gasteiger partial charge is 0.293 e. The first-order chi connectivity index (χ1) is 10.5. The first-order valence-corrected chi connectivity index (χ1v) is 7.66. The molecule has 1 amide bonds. The predicted octanol–water partition coefficient (Wildman–Crippen LogP) is 2.61. The van der Waals surface area contributed by atoms with Gasteiger partial charge in [-0.1, -0.05) is 12.1 Å². The molecule has 118 valence electrons. The molecular weight excluding hydrogens is 283 g/mol. The summed E-state index contributed by atoms with van der Waals surface area (Å²) in [7, 11) is 0. The average Bonchev–Trinajstić information content (AvgIpc) is 2.51. The SMILES string of the molecule is CC(C)=C1OC2(CCNCC2)CN(c2ccccc2F)C1=O. The third-order valence-electron chi connectivity index (χ3n) is 4.32. The van der Waals surface area contributed by atoms with E-state index in [0.717, 1.165) is 31.5 Å². The Labute approximate surface area is 129 Å². The second-order valence-electron chi connectivity index (χ2n) is 6.21. The van der Waals surface area contributed by atoms with E-state index in [2.05, 4.69) is 5.32 Å². The van der Waals surface area contributed by atoms with Crippen molar-refractivity contribution in [3.05, 3.63) is 41.4 Å². The van der Waals surface area contributed by atoms with E-state index >= 15 is 0 Å². The number of benzene rings is 1. The predicted molar refractivity (Wildman–Crippen MR) is 83.0 cm³/mol. The van der Waals surface area contributed by atoms with Gasteiger partial charge in [-0.3, -0.25) is 9.69 Å². The maximum atomic E-state index is 14.2. The maximum Gasteiger partial charge on any atom is 0.293 e. The molecule has 5 heteroatoms. The van der Waals surface area contributed by atoms with Crippen LogP contribution in [0.2, 0.25) is 0 Å². The van der Waals surface area contributed by atoms with Gasteiger partial charge >= 0.3 is 0 Å². The van der Waals surface area contributed by atoms with E-state index in [9.17, 15) is 9.18 Å². The minimum absolute atomic E-state index is 0.255. The molecular formula is C17H21FN2O2. The van der Waals surface area contributed by atoms with Gasteiger partial charge in [0.25, 0.3) is 5.91 Å². The minimum atomic E-state index is -0.423. The van der Waals surface area contributed by atoms with E-state index in [1.165, 1.54) is 11.0 Å². The number of nitrogens with zero attached hydrogens (tertiary/aromatic N) is 1. The number of rotatable bonds is 1. The summed E-state index contributed by atoms with van der Waals surface area (Å²) in [4.78, 5) is 14.2. The second kappa shape index (κ2) is 5.72. The van der Waals surface area contributed by atoms with Gasteiger partial charge in [-0.15, -0.1) is 0 Å². The number of allylic oxidation sites excluding steroid dienone is 1. The van der Waals surface area contributed by atoms with E-state index < -0.39 is 5.60 Å². The van der Waals surface area contributed by atoms with Gasteiger partial charge < -0.3 is 10.1 Å². The van der Waals surface area contributed by atoms with Crippen molar-refractivity contribution in [1.82, 2.24) is 5.32 Å². The van der Waals surface area contributed by atoms with Crippen molar-refractivity contribution in [2.24, 2.45) is 0 Å². The summed E-state index contributed by atoms with van der Waals surface area (Å²) in [6.45, 7) is 5.79. The summed E-state index contributed by atoms with van der Waals surface area (Å²) in [5.41, 5.74) is 0.727. The molecule has 2 heterocycles. The fourth-order valence-electron chi connectivity index (χ4n) is 3.10. The van der Waals surface area contributed by atoms with Gasteiger partial charge in [0, 0.05) is 12.8 Å². The van der Waals surface area contributed by atoms with Crippen molar-refractivity contribution in [3.63, 3.8) is 0 Å². The van der Waals surface area contributed by atoms with Crippen LogP contribution in [0.5, 0.6) is 0 Å². The number of anilines is 1. The van der Waals surface area contributed by atoms with Crippen LogP contribution in [0.1, 0.15) is 26.7 Å². The zero-order valence-electron chi connectivity index (χ0n) is 13.0.